The lowest BCUT2D eigenvalue weighted by Crippen LogP contribution is -2.02. The molecule has 2 nitrogen and oxygen atoms in total. The van der Waals surface area contributed by atoms with Gasteiger partial charge in [-0.1, -0.05) is 54.6 Å². The topological polar surface area (TPSA) is 17.8 Å². The van der Waals surface area contributed by atoms with E-state index in [1.54, 1.807) is 0 Å². The molecule has 0 saturated carbocycles. The molecule has 0 N–H and O–H groups in total. The highest BCUT2D eigenvalue weighted by Gasteiger charge is 2.00. The Morgan fingerprint density at radius 3 is 2.25 bits per heavy atom. The molecule has 0 aliphatic heterocycles. The van der Waals surface area contributed by atoms with Gasteiger partial charge >= 0.3 is 0 Å². The molecule has 0 radical (unpaired) electrons. The van der Waals surface area contributed by atoms with Crippen molar-refractivity contribution in [2.75, 3.05) is 0 Å². The third kappa shape index (κ3) is 2.80. The first kappa shape index (κ1) is 12.7. The maximum absolute atomic E-state index is 4.25. The quantitative estimate of drug-likeness (QED) is 0.692. The molecule has 0 atom stereocenters. The molecule has 0 amide bonds. The maximum Gasteiger partial charge on any atom is 0.105 e. The summed E-state index contributed by atoms with van der Waals surface area (Å²) in [5, 5.41) is 0. The van der Waals surface area contributed by atoms with Crippen molar-refractivity contribution in [2.45, 2.75) is 19.9 Å². The Morgan fingerprint density at radius 2 is 1.60 bits per heavy atom. The van der Waals surface area contributed by atoms with Crippen LogP contribution in [0, 0.1) is 6.92 Å². The number of benzene rings is 2. The lowest BCUT2D eigenvalue weighted by atomic mass is 10.0. The van der Waals surface area contributed by atoms with Crippen LogP contribution < -0.4 is 0 Å². The summed E-state index contributed by atoms with van der Waals surface area (Å²) in [4.78, 5) is 4.25. The Morgan fingerprint density at radius 1 is 0.900 bits per heavy atom. The van der Waals surface area contributed by atoms with Gasteiger partial charge in [-0.3, -0.25) is 0 Å². The van der Waals surface area contributed by atoms with Crippen molar-refractivity contribution in [3.8, 4) is 11.1 Å². The van der Waals surface area contributed by atoms with Gasteiger partial charge in [-0.25, -0.2) is 4.98 Å². The van der Waals surface area contributed by atoms with Crippen molar-refractivity contribution in [1.82, 2.24) is 9.55 Å². The highest BCUT2D eigenvalue weighted by Crippen LogP contribution is 2.19. The highest BCUT2D eigenvalue weighted by atomic mass is 15.0. The number of hydrogen-bond donors (Lipinski definition) is 0. The zero-order valence-corrected chi connectivity index (χ0v) is 11.7. The van der Waals surface area contributed by atoms with Gasteiger partial charge in [0.2, 0.25) is 0 Å². The molecular formula is C18H18N2. The summed E-state index contributed by atoms with van der Waals surface area (Å²) in [6.45, 7) is 3.02. The monoisotopic (exact) mass is 262 g/mol. The number of aromatic nitrogens is 2. The molecule has 0 aliphatic carbocycles. The number of imidazole rings is 1. The molecule has 0 spiro atoms. The molecule has 0 aliphatic rings. The molecule has 0 unspecified atom stereocenters. The van der Waals surface area contributed by atoms with Gasteiger partial charge in [0.15, 0.2) is 0 Å². The van der Waals surface area contributed by atoms with Gasteiger partial charge < -0.3 is 4.57 Å². The Labute approximate surface area is 119 Å². The van der Waals surface area contributed by atoms with Gasteiger partial charge in [0.05, 0.1) is 0 Å². The Bertz CT molecular complexity index is 666. The van der Waals surface area contributed by atoms with Gasteiger partial charge in [0.25, 0.3) is 0 Å². The fourth-order valence-corrected chi connectivity index (χ4v) is 2.38. The van der Waals surface area contributed by atoms with Crippen LogP contribution in [0.5, 0.6) is 0 Å². The largest absolute Gasteiger partial charge is 0.335 e. The Balaban J connectivity index is 1.69. The van der Waals surface area contributed by atoms with Crippen molar-refractivity contribution < 1.29 is 0 Å². The van der Waals surface area contributed by atoms with Crippen LogP contribution in [0.25, 0.3) is 11.1 Å². The molecule has 3 rings (SSSR count). The van der Waals surface area contributed by atoms with E-state index in [9.17, 15) is 0 Å². The number of aryl methyl sites for hydroxylation is 3. The highest BCUT2D eigenvalue weighted by molar-refractivity contribution is 5.63. The third-order valence-corrected chi connectivity index (χ3v) is 3.63. The van der Waals surface area contributed by atoms with Crippen molar-refractivity contribution in [1.29, 1.82) is 0 Å². The molecule has 100 valence electrons. The number of rotatable bonds is 4. The van der Waals surface area contributed by atoms with E-state index in [-0.39, 0.29) is 0 Å². The van der Waals surface area contributed by atoms with Crippen molar-refractivity contribution in [3.63, 3.8) is 0 Å². The molecule has 3 aromatic rings. The minimum absolute atomic E-state index is 0.983. The first-order valence-electron chi connectivity index (χ1n) is 6.95. The lowest BCUT2D eigenvalue weighted by molar-refractivity contribution is 0.673. The van der Waals surface area contributed by atoms with E-state index < -0.39 is 0 Å². The van der Waals surface area contributed by atoms with Gasteiger partial charge in [-0.05, 0) is 30.0 Å². The second-order valence-corrected chi connectivity index (χ2v) is 4.98. The molecule has 0 saturated heterocycles. The molecule has 1 aromatic heterocycles. The summed E-state index contributed by atoms with van der Waals surface area (Å²) in [5.74, 6) is 1.07. The zero-order chi connectivity index (χ0) is 13.8. The summed E-state index contributed by atoms with van der Waals surface area (Å²) in [7, 11) is 0. The molecule has 20 heavy (non-hydrogen) atoms. The smallest absolute Gasteiger partial charge is 0.105 e. The van der Waals surface area contributed by atoms with Gasteiger partial charge in [-0.15, -0.1) is 0 Å². The van der Waals surface area contributed by atoms with E-state index in [0.29, 0.717) is 0 Å². The molecule has 0 bridgehead atoms. The van der Waals surface area contributed by atoms with E-state index in [0.717, 1.165) is 18.8 Å². The van der Waals surface area contributed by atoms with E-state index in [2.05, 4.69) is 58.1 Å². The van der Waals surface area contributed by atoms with Gasteiger partial charge in [0, 0.05) is 18.9 Å². The Hall–Kier alpha value is -2.35. The summed E-state index contributed by atoms with van der Waals surface area (Å²) < 4.78 is 2.19. The molecule has 0 fully saturated rings. The molecule has 2 heteroatoms. The maximum atomic E-state index is 4.25. The van der Waals surface area contributed by atoms with Crippen LogP contribution in [0.2, 0.25) is 0 Å². The number of nitrogens with zero attached hydrogens (tertiary/aromatic N) is 2. The van der Waals surface area contributed by atoms with E-state index in [4.69, 9.17) is 0 Å². The SMILES string of the molecule is Cc1nccn1CCc1ccc(-c2ccccc2)cc1. The molecule has 2 aromatic carbocycles. The van der Waals surface area contributed by atoms with Crippen LogP contribution in [0.15, 0.2) is 67.0 Å². The first-order chi connectivity index (χ1) is 9.83. The van der Waals surface area contributed by atoms with Crippen LogP contribution in [0.3, 0.4) is 0 Å². The summed E-state index contributed by atoms with van der Waals surface area (Å²) in [5.41, 5.74) is 3.90. The first-order valence-corrected chi connectivity index (χ1v) is 6.95. The third-order valence-electron chi connectivity index (χ3n) is 3.63. The average Bonchev–Trinajstić information content (AvgIpc) is 2.92. The van der Waals surface area contributed by atoms with Crippen LogP contribution in [-0.2, 0) is 13.0 Å². The number of hydrogen-bond acceptors (Lipinski definition) is 1. The predicted molar refractivity (Wildman–Crippen MR) is 82.5 cm³/mol. The summed E-state index contributed by atoms with van der Waals surface area (Å²) in [6.07, 6.45) is 4.92. The van der Waals surface area contributed by atoms with Crippen LogP contribution in [0.4, 0.5) is 0 Å². The normalized spacial score (nSPS) is 10.7. The fourth-order valence-electron chi connectivity index (χ4n) is 2.38. The minimum atomic E-state index is 0.983. The van der Waals surface area contributed by atoms with Crippen LogP contribution >= 0.6 is 0 Å². The standard InChI is InChI=1S/C18H18N2/c1-15-19-12-14-20(15)13-11-16-7-9-18(10-8-16)17-5-3-2-4-6-17/h2-10,12,14H,11,13H2,1H3. The lowest BCUT2D eigenvalue weighted by Gasteiger charge is -2.06. The van der Waals surface area contributed by atoms with E-state index in [1.165, 1.54) is 16.7 Å². The second kappa shape index (κ2) is 5.74. The van der Waals surface area contributed by atoms with Crippen LogP contribution in [0.1, 0.15) is 11.4 Å². The Kier molecular flexibility index (Phi) is 3.64. The van der Waals surface area contributed by atoms with Gasteiger partial charge in [-0.2, -0.15) is 0 Å². The molecular weight excluding hydrogens is 244 g/mol. The van der Waals surface area contributed by atoms with Crippen molar-refractivity contribution in [3.05, 3.63) is 78.4 Å². The predicted octanol–water partition coefficient (Wildman–Crippen LogP) is 4.10. The summed E-state index contributed by atoms with van der Waals surface area (Å²) in [6, 6.07) is 19.3. The van der Waals surface area contributed by atoms with Crippen LogP contribution in [-0.4, -0.2) is 9.55 Å². The fraction of sp³-hybridized carbons (Fsp3) is 0.167. The average molecular weight is 262 g/mol. The molecule has 1 heterocycles. The van der Waals surface area contributed by atoms with Gasteiger partial charge in [0.1, 0.15) is 5.82 Å². The van der Waals surface area contributed by atoms with Crippen molar-refractivity contribution in [2.24, 2.45) is 0 Å². The van der Waals surface area contributed by atoms with E-state index in [1.807, 2.05) is 25.4 Å². The minimum Gasteiger partial charge on any atom is -0.335 e. The second-order valence-electron chi connectivity index (χ2n) is 4.98. The van der Waals surface area contributed by atoms with E-state index >= 15 is 0 Å². The zero-order valence-electron chi connectivity index (χ0n) is 11.7. The summed E-state index contributed by atoms with van der Waals surface area (Å²) >= 11 is 0. The van der Waals surface area contributed by atoms with Crippen molar-refractivity contribution >= 4 is 0 Å².